The van der Waals surface area contributed by atoms with Crippen LogP contribution in [0.4, 0.5) is 0 Å². The van der Waals surface area contributed by atoms with E-state index in [0.29, 0.717) is 13.0 Å². The van der Waals surface area contributed by atoms with Crippen LogP contribution < -0.4 is 10.1 Å². The quantitative estimate of drug-likeness (QED) is 0.900. The maximum absolute atomic E-state index is 11.9. The zero-order valence-corrected chi connectivity index (χ0v) is 12.0. The van der Waals surface area contributed by atoms with Gasteiger partial charge in [0.1, 0.15) is 5.75 Å². The van der Waals surface area contributed by atoms with Crippen molar-refractivity contribution in [3.63, 3.8) is 0 Å². The van der Waals surface area contributed by atoms with Gasteiger partial charge in [0.15, 0.2) is 0 Å². The molecule has 1 aromatic carbocycles. The summed E-state index contributed by atoms with van der Waals surface area (Å²) < 4.78 is 6.84. The fourth-order valence-corrected chi connectivity index (χ4v) is 2.01. The van der Waals surface area contributed by atoms with Gasteiger partial charge in [-0.25, -0.2) is 0 Å². The Hall–Kier alpha value is -2.30. The number of carbonyl (C=O) groups excluding carboxylic acids is 1. The standard InChI is InChI=1S/C15H19N3O2/c1-11-13(10-18(2)17-11)9-16-15(19)8-12-4-6-14(20-3)7-5-12/h4-7,10H,8-9H2,1-3H3,(H,16,19). The van der Waals surface area contributed by atoms with Crippen molar-refractivity contribution in [1.29, 1.82) is 0 Å². The fourth-order valence-electron chi connectivity index (χ4n) is 2.01. The van der Waals surface area contributed by atoms with E-state index in [1.54, 1.807) is 11.8 Å². The Morgan fingerprint density at radius 2 is 2.05 bits per heavy atom. The second-order valence-electron chi connectivity index (χ2n) is 4.71. The number of rotatable bonds is 5. The van der Waals surface area contributed by atoms with E-state index >= 15 is 0 Å². The molecule has 0 aliphatic rings. The van der Waals surface area contributed by atoms with Crippen molar-refractivity contribution in [2.24, 2.45) is 7.05 Å². The van der Waals surface area contributed by atoms with Crippen molar-refractivity contribution in [2.75, 3.05) is 7.11 Å². The van der Waals surface area contributed by atoms with Crippen LogP contribution in [0.3, 0.4) is 0 Å². The molecule has 0 saturated heterocycles. The van der Waals surface area contributed by atoms with Gasteiger partial charge in [-0.1, -0.05) is 12.1 Å². The van der Waals surface area contributed by atoms with Gasteiger partial charge in [-0.05, 0) is 24.6 Å². The Bertz CT molecular complexity index is 588. The number of hydrogen-bond acceptors (Lipinski definition) is 3. The third kappa shape index (κ3) is 3.60. The van der Waals surface area contributed by atoms with Crippen molar-refractivity contribution >= 4 is 5.91 Å². The van der Waals surface area contributed by atoms with E-state index in [2.05, 4.69) is 10.4 Å². The van der Waals surface area contributed by atoms with Gasteiger partial charge in [0.2, 0.25) is 5.91 Å². The predicted molar refractivity (Wildman–Crippen MR) is 76.5 cm³/mol. The zero-order chi connectivity index (χ0) is 14.5. The summed E-state index contributed by atoms with van der Waals surface area (Å²) in [6, 6.07) is 7.50. The summed E-state index contributed by atoms with van der Waals surface area (Å²) in [6.07, 6.45) is 2.28. The van der Waals surface area contributed by atoms with E-state index in [1.165, 1.54) is 0 Å². The molecule has 20 heavy (non-hydrogen) atoms. The summed E-state index contributed by atoms with van der Waals surface area (Å²) in [5.74, 6) is 0.790. The predicted octanol–water partition coefficient (Wildman–Crippen LogP) is 1.60. The molecule has 0 saturated carbocycles. The minimum Gasteiger partial charge on any atom is -0.497 e. The van der Waals surface area contributed by atoms with Gasteiger partial charge in [0.05, 0.1) is 19.2 Å². The molecule has 0 radical (unpaired) electrons. The number of carbonyl (C=O) groups is 1. The van der Waals surface area contributed by atoms with E-state index in [4.69, 9.17) is 4.74 Å². The molecule has 0 spiro atoms. The van der Waals surface area contributed by atoms with Gasteiger partial charge in [0, 0.05) is 25.4 Å². The third-order valence-corrected chi connectivity index (χ3v) is 3.11. The molecule has 1 N–H and O–H groups in total. The van der Waals surface area contributed by atoms with E-state index in [1.807, 2.05) is 44.4 Å². The summed E-state index contributed by atoms with van der Waals surface area (Å²) in [5, 5.41) is 7.15. The van der Waals surface area contributed by atoms with Gasteiger partial charge >= 0.3 is 0 Å². The summed E-state index contributed by atoms with van der Waals surface area (Å²) in [5.41, 5.74) is 2.94. The molecule has 106 valence electrons. The molecule has 5 heteroatoms. The Balaban J connectivity index is 1.87. The normalized spacial score (nSPS) is 10.3. The first-order valence-corrected chi connectivity index (χ1v) is 6.47. The van der Waals surface area contributed by atoms with E-state index in [9.17, 15) is 4.79 Å². The number of aromatic nitrogens is 2. The third-order valence-electron chi connectivity index (χ3n) is 3.11. The SMILES string of the molecule is COc1ccc(CC(=O)NCc2cn(C)nc2C)cc1. The first kappa shape index (κ1) is 14.1. The molecular formula is C15H19N3O2. The molecule has 2 rings (SSSR count). The number of methoxy groups -OCH3 is 1. The van der Waals surface area contributed by atoms with Crippen molar-refractivity contribution in [2.45, 2.75) is 19.9 Å². The first-order valence-electron chi connectivity index (χ1n) is 6.47. The summed E-state index contributed by atoms with van der Waals surface area (Å²) in [6.45, 7) is 2.44. The summed E-state index contributed by atoms with van der Waals surface area (Å²) >= 11 is 0. The van der Waals surface area contributed by atoms with Gasteiger partial charge in [-0.2, -0.15) is 5.10 Å². The second-order valence-corrected chi connectivity index (χ2v) is 4.71. The highest BCUT2D eigenvalue weighted by atomic mass is 16.5. The van der Waals surface area contributed by atoms with E-state index in [-0.39, 0.29) is 5.91 Å². The van der Waals surface area contributed by atoms with Crippen molar-refractivity contribution < 1.29 is 9.53 Å². The fraction of sp³-hybridized carbons (Fsp3) is 0.333. The van der Waals surface area contributed by atoms with Crippen molar-refractivity contribution in [3.05, 3.63) is 47.3 Å². The van der Waals surface area contributed by atoms with Gasteiger partial charge in [0.25, 0.3) is 0 Å². The van der Waals surface area contributed by atoms with Crippen molar-refractivity contribution in [3.8, 4) is 5.75 Å². The average Bonchev–Trinajstić information content (AvgIpc) is 2.75. The van der Waals surface area contributed by atoms with E-state index in [0.717, 1.165) is 22.6 Å². The Kier molecular flexibility index (Phi) is 4.40. The molecule has 2 aromatic rings. The maximum Gasteiger partial charge on any atom is 0.224 e. The van der Waals surface area contributed by atoms with Gasteiger partial charge < -0.3 is 10.1 Å². The van der Waals surface area contributed by atoms with Crippen LogP contribution in [0, 0.1) is 6.92 Å². The summed E-state index contributed by atoms with van der Waals surface area (Å²) in [7, 11) is 3.49. The number of ether oxygens (including phenoxy) is 1. The van der Waals surface area contributed by atoms with Gasteiger partial charge in [-0.15, -0.1) is 0 Å². The number of hydrogen-bond donors (Lipinski definition) is 1. The molecule has 0 unspecified atom stereocenters. The van der Waals surface area contributed by atoms with Gasteiger partial charge in [-0.3, -0.25) is 9.48 Å². The Morgan fingerprint density at radius 3 is 2.60 bits per heavy atom. The Morgan fingerprint density at radius 1 is 1.35 bits per heavy atom. The van der Waals surface area contributed by atoms with Crippen LogP contribution in [0.2, 0.25) is 0 Å². The lowest BCUT2D eigenvalue weighted by Gasteiger charge is -2.05. The van der Waals surface area contributed by atoms with Crippen LogP contribution in [0.25, 0.3) is 0 Å². The molecule has 1 heterocycles. The van der Waals surface area contributed by atoms with Crippen LogP contribution in [-0.4, -0.2) is 22.8 Å². The molecule has 0 bridgehead atoms. The molecule has 0 atom stereocenters. The number of aryl methyl sites for hydroxylation is 2. The Labute approximate surface area is 118 Å². The monoisotopic (exact) mass is 273 g/mol. The molecule has 0 fully saturated rings. The minimum atomic E-state index is -0.00146. The highest BCUT2D eigenvalue weighted by Crippen LogP contribution is 2.11. The van der Waals surface area contributed by atoms with Crippen molar-refractivity contribution in [1.82, 2.24) is 15.1 Å². The molecule has 1 aromatic heterocycles. The van der Waals surface area contributed by atoms with Crippen LogP contribution >= 0.6 is 0 Å². The highest BCUT2D eigenvalue weighted by molar-refractivity contribution is 5.78. The van der Waals surface area contributed by atoms with Crippen LogP contribution in [0.15, 0.2) is 30.5 Å². The van der Waals surface area contributed by atoms with E-state index < -0.39 is 0 Å². The van der Waals surface area contributed by atoms with Crippen LogP contribution in [0.1, 0.15) is 16.8 Å². The highest BCUT2D eigenvalue weighted by Gasteiger charge is 2.07. The molecular weight excluding hydrogens is 254 g/mol. The van der Waals surface area contributed by atoms with Crippen LogP contribution in [-0.2, 0) is 24.8 Å². The molecule has 0 aliphatic carbocycles. The summed E-state index contributed by atoms with van der Waals surface area (Å²) in [4.78, 5) is 11.9. The lowest BCUT2D eigenvalue weighted by Crippen LogP contribution is -2.24. The number of nitrogens with zero attached hydrogens (tertiary/aromatic N) is 2. The minimum absolute atomic E-state index is 0.00146. The molecule has 0 aliphatic heterocycles. The number of benzene rings is 1. The average molecular weight is 273 g/mol. The lowest BCUT2D eigenvalue weighted by atomic mass is 10.1. The molecule has 5 nitrogen and oxygen atoms in total. The largest absolute Gasteiger partial charge is 0.497 e. The lowest BCUT2D eigenvalue weighted by molar-refractivity contribution is -0.120. The number of nitrogens with one attached hydrogen (secondary N) is 1. The first-order chi connectivity index (χ1) is 9.58. The number of amides is 1. The second kappa shape index (κ2) is 6.23. The van der Waals surface area contributed by atoms with Crippen LogP contribution in [0.5, 0.6) is 5.75 Å². The molecule has 1 amide bonds. The smallest absolute Gasteiger partial charge is 0.224 e. The zero-order valence-electron chi connectivity index (χ0n) is 12.0. The maximum atomic E-state index is 11.9. The topological polar surface area (TPSA) is 56.1 Å².